The molecule has 0 bridgehead atoms. The van der Waals surface area contributed by atoms with Crippen molar-refractivity contribution in [2.24, 2.45) is 4.99 Å². The Morgan fingerprint density at radius 3 is 2.50 bits per heavy atom. The summed E-state index contributed by atoms with van der Waals surface area (Å²) in [6.45, 7) is 1.81. The zero-order chi connectivity index (χ0) is 11.0. The second-order valence-electron chi connectivity index (χ2n) is 2.27. The average molecular weight is 214 g/mol. The fraction of sp³-hybridized carbons (Fsp3) is 0.375. The Bertz CT molecular complexity index is 273. The molecule has 0 saturated heterocycles. The lowest BCUT2D eigenvalue weighted by Crippen LogP contribution is -2.47. The molecular formula is C8H14N4OS. The highest BCUT2D eigenvalue weighted by molar-refractivity contribution is 7.80. The number of hydrogen-bond acceptors (Lipinski definition) is 3. The monoisotopic (exact) mass is 214 g/mol. The molecule has 5 nitrogen and oxygen atoms in total. The summed E-state index contributed by atoms with van der Waals surface area (Å²) in [5.41, 5.74) is 5.24. The molecule has 78 valence electrons. The number of carbonyl (C=O) groups is 1. The van der Waals surface area contributed by atoms with Crippen LogP contribution in [0.1, 0.15) is 6.92 Å². The molecule has 0 aliphatic carbocycles. The number of nitrogens with zero attached hydrogens (tertiary/aromatic N) is 1. The fourth-order valence-electron chi connectivity index (χ4n) is 0.650. The average Bonchev–Trinajstić information content (AvgIpc) is 2.21. The number of hydrazine groups is 1. The van der Waals surface area contributed by atoms with Crippen LogP contribution in [0.4, 0.5) is 0 Å². The molecule has 1 amide bonds. The summed E-state index contributed by atoms with van der Waals surface area (Å²) in [6, 6.07) is 0. The summed E-state index contributed by atoms with van der Waals surface area (Å²) in [7, 11) is 3.20. The van der Waals surface area contributed by atoms with Crippen molar-refractivity contribution < 1.29 is 4.79 Å². The van der Waals surface area contributed by atoms with E-state index in [1.165, 1.54) is 0 Å². The molecule has 0 radical (unpaired) electrons. The summed E-state index contributed by atoms with van der Waals surface area (Å²) in [4.78, 5) is 15.1. The molecule has 0 aromatic rings. The molecule has 0 aliphatic heterocycles. The number of nitrogens with one attached hydrogen (secondary N) is 3. The van der Waals surface area contributed by atoms with Crippen molar-refractivity contribution in [3.8, 4) is 0 Å². The van der Waals surface area contributed by atoms with Crippen molar-refractivity contribution in [3.63, 3.8) is 0 Å². The number of amides is 1. The van der Waals surface area contributed by atoms with Crippen LogP contribution >= 0.6 is 12.2 Å². The first-order valence-corrected chi connectivity index (χ1v) is 4.44. The highest BCUT2D eigenvalue weighted by atomic mass is 32.1. The van der Waals surface area contributed by atoms with Gasteiger partial charge in [-0.15, -0.1) is 0 Å². The third kappa shape index (κ3) is 4.56. The number of thiocarbonyl (C=S) groups is 1. The molecule has 0 aromatic carbocycles. The van der Waals surface area contributed by atoms with Gasteiger partial charge >= 0.3 is 0 Å². The van der Waals surface area contributed by atoms with E-state index in [0.717, 1.165) is 0 Å². The minimum atomic E-state index is -0.330. The van der Waals surface area contributed by atoms with E-state index in [1.54, 1.807) is 26.2 Å². The molecule has 0 spiro atoms. The number of aliphatic imine (C=N–C) groups is 1. The lowest BCUT2D eigenvalue weighted by molar-refractivity contribution is -0.115. The number of hydrogen-bond donors (Lipinski definition) is 3. The van der Waals surface area contributed by atoms with Gasteiger partial charge in [0, 0.05) is 14.1 Å². The summed E-state index contributed by atoms with van der Waals surface area (Å²) in [5, 5.41) is 3.00. The van der Waals surface area contributed by atoms with E-state index in [-0.39, 0.29) is 5.91 Å². The molecule has 0 rings (SSSR count). The Hall–Kier alpha value is -1.43. The van der Waals surface area contributed by atoms with Crippen LogP contribution in [0.15, 0.2) is 17.1 Å². The standard InChI is InChI=1S/C8H14N4OS/c1-4-5-6(9-2)7(13)11-12-8(14)10-3/h4-5H,1-3H3,(H,11,13)(H2,10,12,14)/b5-4-,9-6+. The zero-order valence-electron chi connectivity index (χ0n) is 8.42. The van der Waals surface area contributed by atoms with Gasteiger partial charge in [-0.05, 0) is 25.2 Å². The Kier molecular flexibility index (Phi) is 6.30. The first-order valence-electron chi connectivity index (χ1n) is 4.03. The molecule has 0 aromatic heterocycles. The normalized spacial score (nSPS) is 11.2. The third-order valence-electron chi connectivity index (χ3n) is 1.31. The van der Waals surface area contributed by atoms with Crippen LogP contribution in [0.2, 0.25) is 0 Å². The Morgan fingerprint density at radius 2 is 2.07 bits per heavy atom. The summed E-state index contributed by atoms with van der Waals surface area (Å²) >= 11 is 4.77. The van der Waals surface area contributed by atoms with Gasteiger partial charge in [-0.1, -0.05) is 6.08 Å². The van der Waals surface area contributed by atoms with Gasteiger partial charge < -0.3 is 5.32 Å². The molecule has 0 unspecified atom stereocenters. The summed E-state index contributed by atoms with van der Waals surface area (Å²) < 4.78 is 0. The second kappa shape index (κ2) is 7.02. The maximum atomic E-state index is 11.3. The Labute approximate surface area is 88.6 Å². The van der Waals surface area contributed by atoms with Gasteiger partial charge in [-0.2, -0.15) is 0 Å². The van der Waals surface area contributed by atoms with Crippen molar-refractivity contribution in [3.05, 3.63) is 12.2 Å². The third-order valence-corrected chi connectivity index (χ3v) is 1.62. The smallest absolute Gasteiger partial charge is 0.287 e. The minimum absolute atomic E-state index is 0.330. The van der Waals surface area contributed by atoms with E-state index in [2.05, 4.69) is 21.2 Å². The van der Waals surface area contributed by atoms with Gasteiger partial charge in [0.05, 0.1) is 0 Å². The Morgan fingerprint density at radius 1 is 1.43 bits per heavy atom. The Balaban J connectivity index is 4.13. The number of carbonyl (C=O) groups excluding carboxylic acids is 1. The lowest BCUT2D eigenvalue weighted by Gasteiger charge is -2.07. The van der Waals surface area contributed by atoms with Gasteiger partial charge in [0.15, 0.2) is 5.11 Å². The molecule has 0 aliphatic rings. The predicted octanol–water partition coefficient (Wildman–Crippen LogP) is -0.242. The molecule has 0 atom stereocenters. The molecule has 0 heterocycles. The second-order valence-corrected chi connectivity index (χ2v) is 2.68. The lowest BCUT2D eigenvalue weighted by atomic mass is 10.3. The predicted molar refractivity (Wildman–Crippen MR) is 61.1 cm³/mol. The SMILES string of the molecule is C/C=C\C(=N/C)C(=O)NNC(=S)NC. The summed E-state index contributed by atoms with van der Waals surface area (Å²) in [6.07, 6.45) is 3.34. The van der Waals surface area contributed by atoms with E-state index in [0.29, 0.717) is 10.8 Å². The largest absolute Gasteiger partial charge is 0.364 e. The number of allylic oxidation sites excluding steroid dienone is 1. The van der Waals surface area contributed by atoms with Gasteiger partial charge in [0.1, 0.15) is 5.71 Å². The van der Waals surface area contributed by atoms with Gasteiger partial charge in [-0.3, -0.25) is 20.6 Å². The first kappa shape index (κ1) is 12.6. The fourth-order valence-corrected chi connectivity index (χ4v) is 0.701. The van der Waals surface area contributed by atoms with Crippen LogP contribution in [0.3, 0.4) is 0 Å². The molecule has 3 N–H and O–H groups in total. The van der Waals surface area contributed by atoms with Crippen molar-refractivity contribution >= 4 is 28.9 Å². The van der Waals surface area contributed by atoms with E-state index in [4.69, 9.17) is 12.2 Å². The van der Waals surface area contributed by atoms with Crippen LogP contribution in [0.25, 0.3) is 0 Å². The van der Waals surface area contributed by atoms with Gasteiger partial charge in [0.25, 0.3) is 5.91 Å². The first-order chi connectivity index (χ1) is 6.65. The molecule has 0 saturated carbocycles. The maximum Gasteiger partial charge on any atom is 0.287 e. The van der Waals surface area contributed by atoms with Gasteiger partial charge in [0.2, 0.25) is 0 Å². The summed E-state index contributed by atoms with van der Waals surface area (Å²) in [5.74, 6) is -0.330. The van der Waals surface area contributed by atoms with Crippen LogP contribution in [-0.2, 0) is 4.79 Å². The van der Waals surface area contributed by atoms with E-state index < -0.39 is 0 Å². The van der Waals surface area contributed by atoms with E-state index >= 15 is 0 Å². The van der Waals surface area contributed by atoms with Crippen LogP contribution < -0.4 is 16.2 Å². The maximum absolute atomic E-state index is 11.3. The van der Waals surface area contributed by atoms with E-state index in [9.17, 15) is 4.79 Å². The number of rotatable bonds is 2. The highest BCUT2D eigenvalue weighted by Gasteiger charge is 2.05. The highest BCUT2D eigenvalue weighted by Crippen LogP contribution is 1.81. The topological polar surface area (TPSA) is 65.5 Å². The van der Waals surface area contributed by atoms with Crippen LogP contribution in [0, 0.1) is 0 Å². The van der Waals surface area contributed by atoms with Crippen LogP contribution in [-0.4, -0.2) is 30.8 Å². The quantitative estimate of drug-likeness (QED) is 0.337. The molecular weight excluding hydrogens is 200 g/mol. The van der Waals surface area contributed by atoms with E-state index in [1.807, 2.05) is 6.92 Å². The van der Waals surface area contributed by atoms with Gasteiger partial charge in [-0.25, -0.2) is 0 Å². The minimum Gasteiger partial charge on any atom is -0.364 e. The van der Waals surface area contributed by atoms with Crippen molar-refractivity contribution in [1.29, 1.82) is 0 Å². The molecule has 0 fully saturated rings. The molecule has 14 heavy (non-hydrogen) atoms. The zero-order valence-corrected chi connectivity index (χ0v) is 9.23. The van der Waals surface area contributed by atoms with Crippen molar-refractivity contribution in [2.45, 2.75) is 6.92 Å². The van der Waals surface area contributed by atoms with Crippen molar-refractivity contribution in [2.75, 3.05) is 14.1 Å². The van der Waals surface area contributed by atoms with Crippen LogP contribution in [0.5, 0.6) is 0 Å². The van der Waals surface area contributed by atoms with Crippen molar-refractivity contribution in [1.82, 2.24) is 16.2 Å². The molecule has 6 heteroatoms.